The van der Waals surface area contributed by atoms with Crippen LogP contribution in [-0.2, 0) is 0 Å². The second-order valence-corrected chi connectivity index (χ2v) is 6.12. The molecule has 0 heterocycles. The maximum atomic E-state index is 12.1. The molecule has 0 saturated heterocycles. The average Bonchev–Trinajstić information content (AvgIpc) is 2.36. The van der Waals surface area contributed by atoms with Gasteiger partial charge in [-0.2, -0.15) is 0 Å². The zero-order valence-corrected chi connectivity index (χ0v) is 13.4. The van der Waals surface area contributed by atoms with Gasteiger partial charge < -0.3 is 5.32 Å². The number of benzene rings is 1. The van der Waals surface area contributed by atoms with Crippen molar-refractivity contribution < 1.29 is 9.72 Å². The molecule has 1 aromatic carbocycles. The lowest BCUT2D eigenvalue weighted by Gasteiger charge is -2.15. The Hall–Kier alpha value is -1.43. The Morgan fingerprint density at radius 1 is 1.35 bits per heavy atom. The number of carbonyl (C=O) groups excluding carboxylic acids is 1. The van der Waals surface area contributed by atoms with Crippen LogP contribution in [0.5, 0.6) is 0 Å². The highest BCUT2D eigenvalue weighted by atomic mass is 79.9. The number of carbonyl (C=O) groups is 1. The number of nitrogens with zero attached hydrogens (tertiary/aromatic N) is 1. The molecule has 0 fully saturated rings. The van der Waals surface area contributed by atoms with E-state index < -0.39 is 4.92 Å². The first-order valence-electron chi connectivity index (χ1n) is 6.56. The smallest absolute Gasteiger partial charge is 0.270 e. The van der Waals surface area contributed by atoms with Gasteiger partial charge in [0, 0.05) is 22.6 Å². The molecular weight excluding hydrogens is 324 g/mol. The van der Waals surface area contributed by atoms with Gasteiger partial charge >= 0.3 is 0 Å². The number of nitro groups is 1. The summed E-state index contributed by atoms with van der Waals surface area (Å²) in [6, 6.07) is 4.21. The van der Waals surface area contributed by atoms with Gasteiger partial charge in [0.2, 0.25) is 0 Å². The molecule has 0 bridgehead atoms. The van der Waals surface area contributed by atoms with Crippen molar-refractivity contribution in [2.24, 2.45) is 5.92 Å². The zero-order chi connectivity index (χ0) is 15.3. The summed E-state index contributed by atoms with van der Waals surface area (Å²) in [7, 11) is 0. The first-order valence-corrected chi connectivity index (χ1v) is 7.35. The van der Waals surface area contributed by atoms with Crippen LogP contribution in [0.15, 0.2) is 22.7 Å². The highest BCUT2D eigenvalue weighted by Gasteiger charge is 2.17. The summed E-state index contributed by atoms with van der Waals surface area (Å²) < 4.78 is 0.552. The van der Waals surface area contributed by atoms with Crippen molar-refractivity contribution >= 4 is 27.5 Å². The molecule has 110 valence electrons. The minimum Gasteiger partial charge on any atom is -0.350 e. The van der Waals surface area contributed by atoms with E-state index in [1.54, 1.807) is 0 Å². The molecule has 6 heteroatoms. The Labute approximate surface area is 127 Å². The van der Waals surface area contributed by atoms with Gasteiger partial charge in [-0.1, -0.05) is 13.8 Å². The van der Waals surface area contributed by atoms with Crippen molar-refractivity contribution in [1.82, 2.24) is 5.32 Å². The minimum atomic E-state index is -0.509. The maximum absolute atomic E-state index is 12.1. The van der Waals surface area contributed by atoms with Crippen molar-refractivity contribution in [3.8, 4) is 0 Å². The van der Waals surface area contributed by atoms with Crippen LogP contribution in [-0.4, -0.2) is 16.9 Å². The van der Waals surface area contributed by atoms with Gasteiger partial charge in [0.15, 0.2) is 0 Å². The molecule has 0 saturated carbocycles. The molecule has 0 aliphatic heterocycles. The van der Waals surface area contributed by atoms with Crippen molar-refractivity contribution in [2.75, 3.05) is 0 Å². The Bertz CT molecular complexity index is 503. The number of nitro benzene ring substituents is 1. The Morgan fingerprint density at radius 2 is 2.00 bits per heavy atom. The summed E-state index contributed by atoms with van der Waals surface area (Å²) in [6.07, 6.45) is 1.91. The van der Waals surface area contributed by atoms with Gasteiger partial charge in [0.1, 0.15) is 0 Å². The zero-order valence-electron chi connectivity index (χ0n) is 11.9. The number of rotatable bonds is 6. The number of hydrogen-bond donors (Lipinski definition) is 1. The Kier molecular flexibility index (Phi) is 6.13. The van der Waals surface area contributed by atoms with Crippen molar-refractivity contribution in [3.05, 3.63) is 38.3 Å². The van der Waals surface area contributed by atoms with Gasteiger partial charge in [0.25, 0.3) is 11.6 Å². The molecule has 1 rings (SSSR count). The molecule has 1 unspecified atom stereocenters. The highest BCUT2D eigenvalue weighted by molar-refractivity contribution is 9.10. The average molecular weight is 343 g/mol. The summed E-state index contributed by atoms with van der Waals surface area (Å²) >= 11 is 3.25. The summed E-state index contributed by atoms with van der Waals surface area (Å²) in [5, 5.41) is 13.6. The maximum Gasteiger partial charge on any atom is 0.270 e. The normalized spacial score (nSPS) is 12.2. The van der Waals surface area contributed by atoms with Crippen LogP contribution in [0.2, 0.25) is 0 Å². The Balaban J connectivity index is 2.76. The van der Waals surface area contributed by atoms with Crippen LogP contribution in [0.1, 0.15) is 44.0 Å². The van der Waals surface area contributed by atoms with Crippen molar-refractivity contribution in [1.29, 1.82) is 0 Å². The second kappa shape index (κ2) is 7.38. The van der Waals surface area contributed by atoms with E-state index in [9.17, 15) is 14.9 Å². The van der Waals surface area contributed by atoms with Gasteiger partial charge in [-0.05, 0) is 47.7 Å². The molecule has 1 aromatic rings. The van der Waals surface area contributed by atoms with Crippen molar-refractivity contribution in [3.63, 3.8) is 0 Å². The number of halogens is 1. The summed E-state index contributed by atoms with van der Waals surface area (Å²) in [5.41, 5.74) is 0.198. The monoisotopic (exact) mass is 342 g/mol. The molecule has 20 heavy (non-hydrogen) atoms. The number of non-ortho nitro benzene ring substituents is 1. The third-order valence-electron chi connectivity index (χ3n) is 2.96. The fourth-order valence-corrected chi connectivity index (χ4v) is 2.18. The van der Waals surface area contributed by atoms with E-state index in [1.165, 1.54) is 18.2 Å². The predicted molar refractivity (Wildman–Crippen MR) is 81.8 cm³/mol. The second-order valence-electron chi connectivity index (χ2n) is 5.27. The van der Waals surface area contributed by atoms with E-state index in [2.05, 4.69) is 35.1 Å². The molecule has 0 aliphatic carbocycles. The van der Waals surface area contributed by atoms with E-state index in [0.717, 1.165) is 12.8 Å². The molecular formula is C14H19BrN2O3. The SMILES string of the molecule is CC(C)CCC(C)NC(=O)c1cc([N+](=O)[O-])ccc1Br. The molecule has 1 amide bonds. The number of nitrogens with one attached hydrogen (secondary N) is 1. The van der Waals surface area contributed by atoms with E-state index in [4.69, 9.17) is 0 Å². The molecule has 0 spiro atoms. The molecule has 0 radical (unpaired) electrons. The minimum absolute atomic E-state index is 0.0380. The molecule has 0 aliphatic rings. The highest BCUT2D eigenvalue weighted by Crippen LogP contribution is 2.22. The lowest BCUT2D eigenvalue weighted by atomic mass is 10.0. The number of amides is 1. The van der Waals surface area contributed by atoms with E-state index >= 15 is 0 Å². The van der Waals surface area contributed by atoms with Crippen LogP contribution in [0.4, 0.5) is 5.69 Å². The lowest BCUT2D eigenvalue weighted by molar-refractivity contribution is -0.384. The van der Waals surface area contributed by atoms with Crippen LogP contribution < -0.4 is 5.32 Å². The molecule has 1 atom stereocenters. The van der Waals surface area contributed by atoms with Gasteiger partial charge in [-0.3, -0.25) is 14.9 Å². The first kappa shape index (κ1) is 16.6. The number of hydrogen-bond acceptors (Lipinski definition) is 3. The largest absolute Gasteiger partial charge is 0.350 e. The van der Waals surface area contributed by atoms with Crippen molar-refractivity contribution in [2.45, 2.75) is 39.7 Å². The lowest BCUT2D eigenvalue weighted by Crippen LogP contribution is -2.33. The van der Waals surface area contributed by atoms with E-state index in [-0.39, 0.29) is 23.2 Å². The molecule has 0 aromatic heterocycles. The van der Waals surface area contributed by atoms with E-state index in [0.29, 0.717) is 10.4 Å². The van der Waals surface area contributed by atoms with Gasteiger partial charge in [0.05, 0.1) is 10.5 Å². The first-order chi connectivity index (χ1) is 9.31. The third kappa shape index (κ3) is 4.92. The van der Waals surface area contributed by atoms with Gasteiger partial charge in [-0.25, -0.2) is 0 Å². The van der Waals surface area contributed by atoms with Crippen LogP contribution in [0, 0.1) is 16.0 Å². The molecule has 1 N–H and O–H groups in total. The third-order valence-corrected chi connectivity index (χ3v) is 3.65. The summed E-state index contributed by atoms with van der Waals surface area (Å²) in [6.45, 7) is 6.20. The fraction of sp³-hybridized carbons (Fsp3) is 0.500. The fourth-order valence-electron chi connectivity index (χ4n) is 1.76. The molecule has 5 nitrogen and oxygen atoms in total. The standard InChI is InChI=1S/C14H19BrN2O3/c1-9(2)4-5-10(3)16-14(18)12-8-11(17(19)20)6-7-13(12)15/h6-10H,4-5H2,1-3H3,(H,16,18). The van der Waals surface area contributed by atoms with Gasteiger partial charge in [-0.15, -0.1) is 0 Å². The summed E-state index contributed by atoms with van der Waals surface area (Å²) in [4.78, 5) is 22.4. The Morgan fingerprint density at radius 3 is 2.55 bits per heavy atom. The summed E-state index contributed by atoms with van der Waals surface area (Å²) in [5.74, 6) is 0.288. The van der Waals surface area contributed by atoms with Crippen LogP contribution in [0.25, 0.3) is 0 Å². The van der Waals surface area contributed by atoms with Crippen LogP contribution in [0.3, 0.4) is 0 Å². The van der Waals surface area contributed by atoms with E-state index in [1.807, 2.05) is 6.92 Å². The van der Waals surface area contributed by atoms with Crippen LogP contribution >= 0.6 is 15.9 Å². The topological polar surface area (TPSA) is 72.2 Å². The quantitative estimate of drug-likeness (QED) is 0.629. The predicted octanol–water partition coefficient (Wildman–Crippen LogP) is 3.91.